The summed E-state index contributed by atoms with van der Waals surface area (Å²) in [5.41, 5.74) is 2.36. The fraction of sp³-hybridized carbons (Fsp3) is 0.231. The van der Waals surface area contributed by atoms with E-state index in [-0.39, 0.29) is 10.8 Å². The third-order valence-corrected chi connectivity index (χ3v) is 3.07. The maximum Gasteiger partial charge on any atom is 0.138 e. The Bertz CT molecular complexity index is 573. The lowest BCUT2D eigenvalue weighted by Gasteiger charge is -2.08. The summed E-state index contributed by atoms with van der Waals surface area (Å²) in [6.45, 7) is 2.88. The normalized spacial score (nSPS) is 10.7. The standard InChI is InChI=1S/C13H13Cl2N3O/c1-8-4-18-11(7-17-8)6-16-5-9-2-10(14)3-12(15)13(9)19/h2-4,7,16,19H,5-6H2,1H3. The number of aryl methyl sites for hydroxylation is 1. The van der Waals surface area contributed by atoms with Crippen LogP contribution in [-0.2, 0) is 13.1 Å². The molecule has 0 fully saturated rings. The van der Waals surface area contributed by atoms with Gasteiger partial charge in [0.25, 0.3) is 0 Å². The molecule has 4 nitrogen and oxygen atoms in total. The molecule has 0 aliphatic rings. The maximum atomic E-state index is 9.80. The molecule has 6 heteroatoms. The van der Waals surface area contributed by atoms with Crippen molar-refractivity contribution in [2.75, 3.05) is 0 Å². The van der Waals surface area contributed by atoms with E-state index in [4.69, 9.17) is 23.2 Å². The second-order valence-corrected chi connectivity index (χ2v) is 4.99. The molecule has 1 aromatic heterocycles. The largest absolute Gasteiger partial charge is 0.506 e. The van der Waals surface area contributed by atoms with Gasteiger partial charge in [0.1, 0.15) is 5.75 Å². The first-order valence-electron chi connectivity index (χ1n) is 5.71. The molecular weight excluding hydrogens is 285 g/mol. The van der Waals surface area contributed by atoms with E-state index in [1.807, 2.05) is 6.92 Å². The van der Waals surface area contributed by atoms with Crippen LogP contribution in [0.5, 0.6) is 5.75 Å². The molecule has 1 aromatic carbocycles. The molecule has 0 atom stereocenters. The molecule has 0 saturated carbocycles. The number of phenolic OH excluding ortho intramolecular Hbond substituents is 1. The number of aromatic nitrogens is 2. The van der Waals surface area contributed by atoms with E-state index in [1.165, 1.54) is 6.07 Å². The van der Waals surface area contributed by atoms with E-state index in [2.05, 4.69) is 15.3 Å². The molecule has 2 aromatic rings. The highest BCUT2D eigenvalue weighted by Crippen LogP contribution is 2.30. The third kappa shape index (κ3) is 3.80. The first-order chi connectivity index (χ1) is 9.06. The monoisotopic (exact) mass is 297 g/mol. The van der Waals surface area contributed by atoms with Crippen molar-refractivity contribution in [2.24, 2.45) is 0 Å². The molecule has 0 radical (unpaired) electrons. The molecule has 0 aliphatic carbocycles. The quantitative estimate of drug-likeness (QED) is 0.910. The topological polar surface area (TPSA) is 58.0 Å². The van der Waals surface area contributed by atoms with Gasteiger partial charge in [-0.3, -0.25) is 9.97 Å². The first kappa shape index (κ1) is 14.1. The van der Waals surface area contributed by atoms with Gasteiger partial charge in [-0.05, 0) is 19.1 Å². The Hall–Kier alpha value is -1.36. The summed E-state index contributed by atoms with van der Waals surface area (Å²) in [6, 6.07) is 3.18. The van der Waals surface area contributed by atoms with Crippen molar-refractivity contribution in [3.05, 3.63) is 51.5 Å². The SMILES string of the molecule is Cc1cnc(CNCc2cc(Cl)cc(Cl)c2O)cn1. The number of rotatable bonds is 4. The van der Waals surface area contributed by atoms with Crippen LogP contribution in [0, 0.1) is 6.92 Å². The van der Waals surface area contributed by atoms with Crippen molar-refractivity contribution in [1.29, 1.82) is 0 Å². The van der Waals surface area contributed by atoms with Crippen LogP contribution < -0.4 is 5.32 Å². The van der Waals surface area contributed by atoms with Crippen LogP contribution in [0.2, 0.25) is 10.0 Å². The van der Waals surface area contributed by atoms with Gasteiger partial charge in [-0.1, -0.05) is 23.2 Å². The highest BCUT2D eigenvalue weighted by molar-refractivity contribution is 6.35. The van der Waals surface area contributed by atoms with E-state index in [1.54, 1.807) is 18.5 Å². The van der Waals surface area contributed by atoms with E-state index < -0.39 is 0 Å². The lowest BCUT2D eigenvalue weighted by molar-refractivity contribution is 0.464. The van der Waals surface area contributed by atoms with Crippen LogP contribution in [0.1, 0.15) is 17.0 Å². The zero-order valence-electron chi connectivity index (χ0n) is 10.3. The number of nitrogens with zero attached hydrogens (tertiary/aromatic N) is 2. The average Bonchev–Trinajstić information content (AvgIpc) is 2.37. The van der Waals surface area contributed by atoms with Crippen molar-refractivity contribution >= 4 is 23.2 Å². The van der Waals surface area contributed by atoms with Gasteiger partial charge in [0, 0.05) is 36.1 Å². The molecule has 0 unspecified atom stereocenters. The second-order valence-electron chi connectivity index (χ2n) is 4.15. The smallest absolute Gasteiger partial charge is 0.138 e. The predicted octanol–water partition coefficient (Wildman–Crippen LogP) is 3.09. The zero-order valence-corrected chi connectivity index (χ0v) is 11.8. The van der Waals surface area contributed by atoms with Crippen LogP contribution in [0.25, 0.3) is 0 Å². The molecule has 0 spiro atoms. The van der Waals surface area contributed by atoms with Crippen molar-refractivity contribution in [3.8, 4) is 5.75 Å². The fourth-order valence-electron chi connectivity index (χ4n) is 1.59. The minimum Gasteiger partial charge on any atom is -0.506 e. The Labute approximate surface area is 121 Å². The number of benzene rings is 1. The third-order valence-electron chi connectivity index (χ3n) is 2.56. The molecule has 0 amide bonds. The van der Waals surface area contributed by atoms with Gasteiger partial charge >= 0.3 is 0 Å². The highest BCUT2D eigenvalue weighted by atomic mass is 35.5. The average molecular weight is 298 g/mol. The molecule has 2 N–H and O–H groups in total. The first-order valence-corrected chi connectivity index (χ1v) is 6.47. The van der Waals surface area contributed by atoms with Gasteiger partial charge in [-0.2, -0.15) is 0 Å². The lowest BCUT2D eigenvalue weighted by atomic mass is 10.2. The Morgan fingerprint density at radius 2 is 1.95 bits per heavy atom. The van der Waals surface area contributed by atoms with Gasteiger partial charge in [0.15, 0.2) is 0 Å². The summed E-state index contributed by atoms with van der Waals surface area (Å²) in [5, 5.41) is 13.7. The Kier molecular flexibility index (Phi) is 4.58. The number of nitrogens with one attached hydrogen (secondary N) is 1. The van der Waals surface area contributed by atoms with Gasteiger partial charge in [0.05, 0.1) is 16.4 Å². The number of hydrogen-bond donors (Lipinski definition) is 2. The van der Waals surface area contributed by atoms with E-state index in [0.717, 1.165) is 11.4 Å². The fourth-order valence-corrected chi connectivity index (χ4v) is 2.13. The number of hydrogen-bond acceptors (Lipinski definition) is 4. The van der Waals surface area contributed by atoms with E-state index >= 15 is 0 Å². The molecule has 19 heavy (non-hydrogen) atoms. The summed E-state index contributed by atoms with van der Waals surface area (Å²) in [7, 11) is 0. The molecule has 0 aliphatic heterocycles. The van der Waals surface area contributed by atoms with E-state index in [9.17, 15) is 5.11 Å². The molecule has 0 bridgehead atoms. The van der Waals surface area contributed by atoms with E-state index in [0.29, 0.717) is 23.7 Å². The van der Waals surface area contributed by atoms with Gasteiger partial charge in [-0.15, -0.1) is 0 Å². The lowest BCUT2D eigenvalue weighted by Crippen LogP contribution is -2.14. The number of halogens is 2. The Balaban J connectivity index is 1.98. The summed E-state index contributed by atoms with van der Waals surface area (Å²) in [6.07, 6.45) is 3.43. The molecule has 1 heterocycles. The molecular formula is C13H13Cl2N3O. The van der Waals surface area contributed by atoms with Crippen LogP contribution >= 0.6 is 23.2 Å². The molecule has 0 saturated heterocycles. The van der Waals surface area contributed by atoms with Gasteiger partial charge in [0.2, 0.25) is 0 Å². The van der Waals surface area contributed by atoms with Crippen molar-refractivity contribution < 1.29 is 5.11 Å². The minimum absolute atomic E-state index is 0.0496. The summed E-state index contributed by atoms with van der Waals surface area (Å²) >= 11 is 11.7. The summed E-state index contributed by atoms with van der Waals surface area (Å²) in [4.78, 5) is 8.38. The Morgan fingerprint density at radius 3 is 2.63 bits per heavy atom. The van der Waals surface area contributed by atoms with Crippen molar-refractivity contribution in [3.63, 3.8) is 0 Å². The van der Waals surface area contributed by atoms with Crippen LogP contribution in [-0.4, -0.2) is 15.1 Å². The van der Waals surface area contributed by atoms with Gasteiger partial charge in [-0.25, -0.2) is 0 Å². The maximum absolute atomic E-state index is 9.80. The highest BCUT2D eigenvalue weighted by Gasteiger charge is 2.07. The van der Waals surface area contributed by atoms with Crippen molar-refractivity contribution in [1.82, 2.24) is 15.3 Å². The number of phenols is 1. The molecule has 2 rings (SSSR count). The van der Waals surface area contributed by atoms with Gasteiger partial charge < -0.3 is 10.4 Å². The summed E-state index contributed by atoms with van der Waals surface area (Å²) in [5.74, 6) is 0.0496. The number of aromatic hydroxyl groups is 1. The molecule has 100 valence electrons. The Morgan fingerprint density at radius 1 is 1.16 bits per heavy atom. The van der Waals surface area contributed by atoms with Crippen molar-refractivity contribution in [2.45, 2.75) is 20.0 Å². The van der Waals surface area contributed by atoms with Crippen LogP contribution in [0.15, 0.2) is 24.5 Å². The summed E-state index contributed by atoms with van der Waals surface area (Å²) < 4.78 is 0. The zero-order chi connectivity index (χ0) is 13.8. The van der Waals surface area contributed by atoms with Crippen LogP contribution in [0.3, 0.4) is 0 Å². The minimum atomic E-state index is 0.0496. The van der Waals surface area contributed by atoms with Crippen LogP contribution in [0.4, 0.5) is 0 Å². The predicted molar refractivity (Wildman–Crippen MR) is 75.4 cm³/mol. The second kappa shape index (κ2) is 6.19.